The molecule has 0 aliphatic carbocycles. The van der Waals surface area contributed by atoms with Crippen LogP contribution in [-0.4, -0.2) is 31.3 Å². The molecule has 0 aromatic heterocycles. The van der Waals surface area contributed by atoms with Gasteiger partial charge in [0.05, 0.1) is 13.7 Å². The highest BCUT2D eigenvalue weighted by atomic mass is 79.9. The summed E-state index contributed by atoms with van der Waals surface area (Å²) < 4.78 is 12.1. The lowest BCUT2D eigenvalue weighted by Crippen LogP contribution is -2.26. The van der Waals surface area contributed by atoms with Crippen LogP contribution >= 0.6 is 15.9 Å². The van der Waals surface area contributed by atoms with Gasteiger partial charge in [-0.15, -0.1) is 0 Å². The highest BCUT2D eigenvalue weighted by molar-refractivity contribution is 9.10. The van der Waals surface area contributed by atoms with Crippen molar-refractivity contribution < 1.29 is 19.4 Å². The van der Waals surface area contributed by atoms with Gasteiger partial charge >= 0.3 is 0 Å². The third-order valence-electron chi connectivity index (χ3n) is 3.13. The van der Waals surface area contributed by atoms with Gasteiger partial charge in [-0.1, -0.05) is 28.1 Å². The van der Waals surface area contributed by atoms with Gasteiger partial charge in [-0.2, -0.15) is 0 Å². The Morgan fingerprint density at radius 3 is 2.57 bits per heavy atom. The third kappa shape index (κ3) is 4.97. The van der Waals surface area contributed by atoms with Crippen molar-refractivity contribution in [1.29, 1.82) is 0 Å². The maximum Gasteiger partial charge on any atom is 0.251 e. The number of carbonyl (C=O) groups excluding carboxylic acids is 1. The van der Waals surface area contributed by atoms with Gasteiger partial charge in [-0.25, -0.2) is 0 Å². The number of hydrogen-bond acceptors (Lipinski definition) is 4. The van der Waals surface area contributed by atoms with Crippen LogP contribution in [0.5, 0.6) is 11.5 Å². The van der Waals surface area contributed by atoms with Crippen molar-refractivity contribution in [3.63, 3.8) is 0 Å². The Morgan fingerprint density at radius 2 is 1.91 bits per heavy atom. The average Bonchev–Trinajstić information content (AvgIpc) is 2.59. The summed E-state index contributed by atoms with van der Waals surface area (Å²) in [6.45, 7) is 0.514. The summed E-state index contributed by atoms with van der Waals surface area (Å²) in [5.41, 5.74) is 1.48. The van der Waals surface area contributed by atoms with E-state index in [1.807, 2.05) is 24.3 Å². The smallest absolute Gasteiger partial charge is 0.251 e. The molecule has 2 aromatic rings. The van der Waals surface area contributed by atoms with E-state index in [1.165, 1.54) is 7.11 Å². The molecule has 0 unspecified atom stereocenters. The molecule has 0 heterocycles. The molecule has 0 bridgehead atoms. The summed E-state index contributed by atoms with van der Waals surface area (Å²) in [4.78, 5) is 11.9. The molecule has 2 rings (SSSR count). The third-order valence-corrected chi connectivity index (χ3v) is 3.66. The van der Waals surface area contributed by atoms with Crippen LogP contribution in [0.2, 0.25) is 0 Å². The summed E-state index contributed by atoms with van der Waals surface area (Å²) in [5, 5.41) is 11.3. The second-order valence-electron chi connectivity index (χ2n) is 4.76. The zero-order valence-corrected chi connectivity index (χ0v) is 14.3. The number of nitrogens with one attached hydrogen (secondary N) is 1. The first-order chi connectivity index (χ1) is 11.1. The molecule has 0 atom stereocenters. The Balaban J connectivity index is 2.07. The first-order valence-electron chi connectivity index (χ1n) is 7.08. The number of aliphatic hydroxyl groups excluding tert-OH is 1. The van der Waals surface area contributed by atoms with Crippen molar-refractivity contribution in [2.75, 3.05) is 20.3 Å². The van der Waals surface area contributed by atoms with Crippen LogP contribution in [0.15, 0.2) is 46.9 Å². The van der Waals surface area contributed by atoms with Gasteiger partial charge in [0, 0.05) is 16.6 Å². The predicted octanol–water partition coefficient (Wildman–Crippen LogP) is 2.76. The zero-order chi connectivity index (χ0) is 16.7. The molecule has 0 saturated heterocycles. The largest absolute Gasteiger partial charge is 0.493 e. The number of rotatable bonds is 7. The Morgan fingerprint density at radius 1 is 1.17 bits per heavy atom. The molecule has 0 saturated carbocycles. The quantitative estimate of drug-likeness (QED) is 0.775. The van der Waals surface area contributed by atoms with E-state index < -0.39 is 0 Å². The SMILES string of the molecule is COc1cc(C(=O)NCCO)ccc1OCc1ccc(Br)cc1. The average molecular weight is 380 g/mol. The van der Waals surface area contributed by atoms with Crippen molar-refractivity contribution in [1.82, 2.24) is 5.32 Å². The van der Waals surface area contributed by atoms with E-state index >= 15 is 0 Å². The van der Waals surface area contributed by atoms with Crippen LogP contribution in [-0.2, 0) is 6.61 Å². The summed E-state index contributed by atoms with van der Waals surface area (Å²) in [5.74, 6) is 0.782. The molecule has 23 heavy (non-hydrogen) atoms. The number of ether oxygens (including phenoxy) is 2. The molecular weight excluding hydrogens is 362 g/mol. The van der Waals surface area contributed by atoms with E-state index in [0.29, 0.717) is 23.7 Å². The lowest BCUT2D eigenvalue weighted by molar-refractivity contribution is 0.0944. The molecule has 122 valence electrons. The maximum atomic E-state index is 11.9. The van der Waals surface area contributed by atoms with Gasteiger partial charge in [0.15, 0.2) is 11.5 Å². The number of aliphatic hydroxyl groups is 1. The van der Waals surface area contributed by atoms with E-state index in [9.17, 15) is 4.79 Å². The molecule has 0 aliphatic heterocycles. The van der Waals surface area contributed by atoms with Crippen LogP contribution in [0, 0.1) is 0 Å². The van der Waals surface area contributed by atoms with Gasteiger partial charge in [-0.05, 0) is 35.9 Å². The van der Waals surface area contributed by atoms with Crippen molar-refractivity contribution in [3.8, 4) is 11.5 Å². The van der Waals surface area contributed by atoms with Gasteiger partial charge in [0.2, 0.25) is 0 Å². The first-order valence-corrected chi connectivity index (χ1v) is 7.87. The van der Waals surface area contributed by atoms with E-state index in [-0.39, 0.29) is 19.1 Å². The van der Waals surface area contributed by atoms with Crippen LogP contribution in [0.4, 0.5) is 0 Å². The monoisotopic (exact) mass is 379 g/mol. The van der Waals surface area contributed by atoms with Crippen LogP contribution in [0.25, 0.3) is 0 Å². The highest BCUT2D eigenvalue weighted by Gasteiger charge is 2.11. The van der Waals surface area contributed by atoms with E-state index in [4.69, 9.17) is 14.6 Å². The van der Waals surface area contributed by atoms with Gasteiger partial charge in [0.25, 0.3) is 5.91 Å². The molecule has 0 aliphatic rings. The van der Waals surface area contributed by atoms with Crippen LogP contribution in [0.3, 0.4) is 0 Å². The van der Waals surface area contributed by atoms with Crippen molar-refractivity contribution in [3.05, 3.63) is 58.1 Å². The summed E-state index contributed by atoms with van der Waals surface area (Å²) in [7, 11) is 1.53. The lowest BCUT2D eigenvalue weighted by atomic mass is 10.2. The second-order valence-corrected chi connectivity index (χ2v) is 5.68. The summed E-state index contributed by atoms with van der Waals surface area (Å²) in [6.07, 6.45) is 0. The molecule has 0 radical (unpaired) electrons. The van der Waals surface area contributed by atoms with Crippen LogP contribution < -0.4 is 14.8 Å². The lowest BCUT2D eigenvalue weighted by Gasteiger charge is -2.12. The topological polar surface area (TPSA) is 67.8 Å². The summed E-state index contributed by atoms with van der Waals surface area (Å²) in [6, 6.07) is 12.8. The molecule has 1 amide bonds. The minimum atomic E-state index is -0.267. The Bertz CT molecular complexity index is 658. The van der Waals surface area contributed by atoms with Crippen LogP contribution in [0.1, 0.15) is 15.9 Å². The molecule has 5 nitrogen and oxygen atoms in total. The first kappa shape index (κ1) is 17.3. The van der Waals surface area contributed by atoms with E-state index in [0.717, 1.165) is 10.0 Å². The minimum absolute atomic E-state index is 0.0999. The predicted molar refractivity (Wildman–Crippen MR) is 90.9 cm³/mol. The standard InChI is InChI=1S/C17H18BrNO4/c1-22-16-10-13(17(21)19-8-9-20)4-7-15(16)23-11-12-2-5-14(18)6-3-12/h2-7,10,20H,8-9,11H2,1H3,(H,19,21). The molecule has 0 fully saturated rings. The molecule has 6 heteroatoms. The van der Waals surface area contributed by atoms with Gasteiger partial charge in [0.1, 0.15) is 6.61 Å². The second kappa shape index (κ2) is 8.55. The maximum absolute atomic E-state index is 11.9. The number of methoxy groups -OCH3 is 1. The highest BCUT2D eigenvalue weighted by Crippen LogP contribution is 2.29. The van der Waals surface area contributed by atoms with Crippen molar-refractivity contribution in [2.45, 2.75) is 6.61 Å². The van der Waals surface area contributed by atoms with E-state index in [1.54, 1.807) is 18.2 Å². The van der Waals surface area contributed by atoms with Crippen molar-refractivity contribution in [2.24, 2.45) is 0 Å². The Hall–Kier alpha value is -2.05. The van der Waals surface area contributed by atoms with Crippen molar-refractivity contribution >= 4 is 21.8 Å². The number of hydrogen-bond donors (Lipinski definition) is 2. The number of amides is 1. The van der Waals surface area contributed by atoms with Gasteiger partial charge in [-0.3, -0.25) is 4.79 Å². The fraction of sp³-hybridized carbons (Fsp3) is 0.235. The molecule has 0 spiro atoms. The fourth-order valence-electron chi connectivity index (χ4n) is 1.94. The minimum Gasteiger partial charge on any atom is -0.493 e. The molecule has 2 aromatic carbocycles. The van der Waals surface area contributed by atoms with Gasteiger partial charge < -0.3 is 19.9 Å². The Labute approximate surface area is 143 Å². The number of benzene rings is 2. The normalized spacial score (nSPS) is 10.2. The summed E-state index contributed by atoms with van der Waals surface area (Å²) >= 11 is 3.39. The number of carbonyl (C=O) groups is 1. The molecule has 2 N–H and O–H groups in total. The van der Waals surface area contributed by atoms with E-state index in [2.05, 4.69) is 21.2 Å². The Kier molecular flexibility index (Phi) is 6.43. The molecular formula is C17H18BrNO4. The fourth-order valence-corrected chi connectivity index (χ4v) is 2.21. The number of halogens is 1. The zero-order valence-electron chi connectivity index (χ0n) is 12.7.